The first kappa shape index (κ1) is 15.7. The molecule has 22 heavy (non-hydrogen) atoms. The lowest BCUT2D eigenvalue weighted by Gasteiger charge is -2.34. The predicted octanol–water partition coefficient (Wildman–Crippen LogP) is 3.89. The summed E-state index contributed by atoms with van der Waals surface area (Å²) in [5, 5.41) is 4.46. The third kappa shape index (κ3) is 2.41. The average Bonchev–Trinajstić information content (AvgIpc) is 3.03. The SMILES string of the molecule is Cl.NC1(c2noc(C3CC3c3c(F)cccc3Cl)n2)CCC1. The Morgan fingerprint density at radius 2 is 2.09 bits per heavy atom. The van der Waals surface area contributed by atoms with Crippen LogP contribution in [-0.4, -0.2) is 10.1 Å². The van der Waals surface area contributed by atoms with Gasteiger partial charge in [-0.25, -0.2) is 4.39 Å². The first-order valence-corrected chi connectivity index (χ1v) is 7.53. The zero-order chi connectivity index (χ0) is 14.6. The number of halogens is 3. The van der Waals surface area contributed by atoms with Crippen molar-refractivity contribution in [3.63, 3.8) is 0 Å². The van der Waals surface area contributed by atoms with Crippen LogP contribution in [0.2, 0.25) is 5.02 Å². The highest BCUT2D eigenvalue weighted by Crippen LogP contribution is 2.56. The minimum atomic E-state index is -0.429. The highest BCUT2D eigenvalue weighted by molar-refractivity contribution is 6.31. The summed E-state index contributed by atoms with van der Waals surface area (Å²) >= 11 is 6.10. The van der Waals surface area contributed by atoms with E-state index in [9.17, 15) is 4.39 Å². The van der Waals surface area contributed by atoms with Crippen LogP contribution in [-0.2, 0) is 5.54 Å². The van der Waals surface area contributed by atoms with E-state index < -0.39 is 5.54 Å². The van der Waals surface area contributed by atoms with Gasteiger partial charge in [0.25, 0.3) is 0 Å². The molecule has 0 aliphatic heterocycles. The Bertz CT molecular complexity index is 682. The molecule has 4 rings (SSSR count). The Balaban J connectivity index is 0.00000144. The lowest BCUT2D eigenvalue weighted by atomic mass is 9.77. The molecular formula is C15H16Cl2FN3O. The smallest absolute Gasteiger partial charge is 0.230 e. The number of aromatic nitrogens is 2. The van der Waals surface area contributed by atoms with Gasteiger partial charge >= 0.3 is 0 Å². The van der Waals surface area contributed by atoms with E-state index in [1.165, 1.54) is 6.07 Å². The Labute approximate surface area is 138 Å². The molecule has 0 saturated heterocycles. The van der Waals surface area contributed by atoms with Crippen LogP contribution >= 0.6 is 24.0 Å². The van der Waals surface area contributed by atoms with Crippen molar-refractivity contribution in [2.24, 2.45) is 5.73 Å². The summed E-state index contributed by atoms with van der Waals surface area (Å²) in [6.45, 7) is 0. The van der Waals surface area contributed by atoms with Gasteiger partial charge in [0.2, 0.25) is 5.89 Å². The van der Waals surface area contributed by atoms with Crippen LogP contribution in [0.15, 0.2) is 22.7 Å². The molecule has 0 amide bonds. The molecular weight excluding hydrogens is 328 g/mol. The van der Waals surface area contributed by atoms with Crippen molar-refractivity contribution in [1.82, 2.24) is 10.1 Å². The van der Waals surface area contributed by atoms with E-state index in [1.54, 1.807) is 12.1 Å². The lowest BCUT2D eigenvalue weighted by Crippen LogP contribution is -2.44. The summed E-state index contributed by atoms with van der Waals surface area (Å²) in [5.41, 5.74) is 6.31. The van der Waals surface area contributed by atoms with Gasteiger partial charge in [-0.15, -0.1) is 12.4 Å². The Morgan fingerprint density at radius 3 is 2.73 bits per heavy atom. The molecule has 2 N–H and O–H groups in total. The normalized spacial score (nSPS) is 25.2. The van der Waals surface area contributed by atoms with Gasteiger partial charge in [0.1, 0.15) is 5.82 Å². The van der Waals surface area contributed by atoms with Crippen LogP contribution in [0, 0.1) is 5.82 Å². The highest BCUT2D eigenvalue weighted by atomic mass is 35.5. The van der Waals surface area contributed by atoms with Crippen LogP contribution in [0.25, 0.3) is 0 Å². The van der Waals surface area contributed by atoms with Gasteiger partial charge in [-0.3, -0.25) is 0 Å². The number of hydrogen-bond donors (Lipinski definition) is 1. The van der Waals surface area contributed by atoms with Crippen LogP contribution in [0.1, 0.15) is 54.8 Å². The number of benzene rings is 1. The standard InChI is InChI=1S/C15H15ClFN3O.ClH/c16-10-3-1-4-11(17)12(10)8-7-9(8)13-19-14(20-21-13)15(18)5-2-6-15;/h1,3-4,8-9H,2,5-7,18H2;1H. The topological polar surface area (TPSA) is 64.9 Å². The summed E-state index contributed by atoms with van der Waals surface area (Å²) < 4.78 is 19.3. The minimum absolute atomic E-state index is 0. The van der Waals surface area contributed by atoms with Gasteiger partial charge in [-0.2, -0.15) is 4.98 Å². The molecule has 2 fully saturated rings. The molecule has 0 spiro atoms. The third-order valence-corrected chi connectivity index (χ3v) is 4.94. The summed E-state index contributed by atoms with van der Waals surface area (Å²) in [5.74, 6) is 0.913. The van der Waals surface area contributed by atoms with Crippen molar-refractivity contribution < 1.29 is 8.91 Å². The van der Waals surface area contributed by atoms with E-state index in [0.717, 1.165) is 25.7 Å². The van der Waals surface area contributed by atoms with E-state index in [-0.39, 0.29) is 30.1 Å². The molecule has 2 aromatic rings. The second-order valence-corrected chi connectivity index (χ2v) is 6.46. The molecule has 0 bridgehead atoms. The van der Waals surface area contributed by atoms with Crippen LogP contribution in [0.5, 0.6) is 0 Å². The van der Waals surface area contributed by atoms with Crippen molar-refractivity contribution in [3.8, 4) is 0 Å². The van der Waals surface area contributed by atoms with E-state index >= 15 is 0 Å². The van der Waals surface area contributed by atoms with Gasteiger partial charge in [-0.1, -0.05) is 22.8 Å². The molecule has 7 heteroatoms. The first-order chi connectivity index (χ1) is 10.1. The van der Waals surface area contributed by atoms with Crippen LogP contribution in [0.4, 0.5) is 4.39 Å². The zero-order valence-electron chi connectivity index (χ0n) is 11.8. The van der Waals surface area contributed by atoms with Gasteiger partial charge in [0, 0.05) is 22.4 Å². The van der Waals surface area contributed by atoms with Gasteiger partial charge in [0.05, 0.1) is 5.54 Å². The maximum absolute atomic E-state index is 13.9. The predicted molar refractivity (Wildman–Crippen MR) is 82.8 cm³/mol. The van der Waals surface area contributed by atoms with E-state index in [1.807, 2.05) is 0 Å². The summed E-state index contributed by atoms with van der Waals surface area (Å²) in [6, 6.07) is 4.75. The second kappa shape index (κ2) is 5.48. The fraction of sp³-hybridized carbons (Fsp3) is 0.467. The van der Waals surface area contributed by atoms with Crippen molar-refractivity contribution in [2.75, 3.05) is 0 Å². The molecule has 4 nitrogen and oxygen atoms in total. The molecule has 0 radical (unpaired) electrons. The molecule has 1 aromatic carbocycles. The fourth-order valence-corrected chi connectivity index (χ4v) is 3.32. The van der Waals surface area contributed by atoms with E-state index in [4.69, 9.17) is 21.9 Å². The summed E-state index contributed by atoms with van der Waals surface area (Å²) in [7, 11) is 0. The zero-order valence-corrected chi connectivity index (χ0v) is 13.3. The maximum atomic E-state index is 13.9. The van der Waals surface area contributed by atoms with E-state index in [0.29, 0.717) is 22.3 Å². The largest absolute Gasteiger partial charge is 0.339 e. The highest BCUT2D eigenvalue weighted by Gasteiger charge is 2.47. The Morgan fingerprint density at radius 1 is 1.32 bits per heavy atom. The molecule has 1 aromatic heterocycles. The average molecular weight is 344 g/mol. The van der Waals surface area contributed by atoms with Crippen LogP contribution < -0.4 is 5.73 Å². The second-order valence-electron chi connectivity index (χ2n) is 6.05. The monoisotopic (exact) mass is 343 g/mol. The number of hydrogen-bond acceptors (Lipinski definition) is 4. The van der Waals surface area contributed by atoms with Crippen molar-refractivity contribution in [2.45, 2.75) is 43.1 Å². The number of nitrogens with zero attached hydrogens (tertiary/aromatic N) is 2. The van der Waals surface area contributed by atoms with Crippen LogP contribution in [0.3, 0.4) is 0 Å². The summed E-state index contributed by atoms with van der Waals surface area (Å²) in [6.07, 6.45) is 3.65. The lowest BCUT2D eigenvalue weighted by molar-refractivity contribution is 0.229. The Hall–Kier alpha value is -1.17. The van der Waals surface area contributed by atoms with Crippen molar-refractivity contribution >= 4 is 24.0 Å². The van der Waals surface area contributed by atoms with Crippen molar-refractivity contribution in [3.05, 3.63) is 46.3 Å². The molecule has 2 aliphatic carbocycles. The van der Waals surface area contributed by atoms with E-state index in [2.05, 4.69) is 10.1 Å². The third-order valence-electron chi connectivity index (χ3n) is 4.61. The van der Waals surface area contributed by atoms with Gasteiger partial charge in [-0.05, 0) is 37.8 Å². The fourth-order valence-electron chi connectivity index (χ4n) is 3.02. The molecule has 2 unspecified atom stereocenters. The molecule has 2 atom stereocenters. The molecule has 2 saturated carbocycles. The quantitative estimate of drug-likeness (QED) is 0.917. The minimum Gasteiger partial charge on any atom is -0.339 e. The molecule has 2 aliphatic rings. The maximum Gasteiger partial charge on any atom is 0.230 e. The first-order valence-electron chi connectivity index (χ1n) is 7.15. The van der Waals surface area contributed by atoms with Gasteiger partial charge < -0.3 is 10.3 Å². The van der Waals surface area contributed by atoms with Crippen molar-refractivity contribution in [1.29, 1.82) is 0 Å². The molecule has 1 heterocycles. The number of rotatable bonds is 3. The molecule has 118 valence electrons. The Kier molecular flexibility index (Phi) is 3.91. The van der Waals surface area contributed by atoms with Gasteiger partial charge in [0.15, 0.2) is 5.82 Å². The number of nitrogens with two attached hydrogens (primary N) is 1. The summed E-state index contributed by atoms with van der Waals surface area (Å²) in [4.78, 5) is 4.43.